The van der Waals surface area contributed by atoms with E-state index in [1.54, 1.807) is 23.6 Å². The molecule has 0 saturated heterocycles. The maximum absolute atomic E-state index is 12.6. The van der Waals surface area contributed by atoms with Crippen LogP contribution >= 0.6 is 11.8 Å². The third-order valence-electron chi connectivity index (χ3n) is 4.89. The summed E-state index contributed by atoms with van der Waals surface area (Å²) in [7, 11) is 1.64. The summed E-state index contributed by atoms with van der Waals surface area (Å²) in [5.41, 5.74) is 3.78. The lowest BCUT2D eigenvalue weighted by Gasteiger charge is -2.20. The number of carbonyl (C=O) groups excluding carboxylic acids is 1. The van der Waals surface area contributed by atoms with Gasteiger partial charge in [0, 0.05) is 11.1 Å². The number of nitrogens with zero attached hydrogens (tertiary/aromatic N) is 2. The minimum atomic E-state index is -0.0686. The van der Waals surface area contributed by atoms with Crippen molar-refractivity contribution in [2.75, 3.05) is 18.2 Å². The smallest absolute Gasteiger partial charge is 0.235 e. The second-order valence-corrected chi connectivity index (χ2v) is 8.49. The average Bonchev–Trinajstić information content (AvgIpc) is 2.94. The van der Waals surface area contributed by atoms with Crippen LogP contribution in [0.2, 0.25) is 0 Å². The van der Waals surface area contributed by atoms with E-state index >= 15 is 0 Å². The predicted octanol–water partition coefficient (Wildman–Crippen LogP) is 4.75. The molecule has 1 unspecified atom stereocenters. The fourth-order valence-corrected chi connectivity index (χ4v) is 4.81. The largest absolute Gasteiger partial charge is 0.497 e. The van der Waals surface area contributed by atoms with Crippen LogP contribution in [0.25, 0.3) is 5.69 Å². The predicted molar refractivity (Wildman–Crippen MR) is 120 cm³/mol. The molecule has 4 rings (SSSR count). The van der Waals surface area contributed by atoms with Crippen LogP contribution in [-0.2, 0) is 4.79 Å². The van der Waals surface area contributed by atoms with E-state index in [0.717, 1.165) is 34.0 Å². The number of benzene rings is 2. The SMILES string of the molecule is COc1ccc(-n2nc(C)c3c2NC(=O)CSC3c2ccccc2OC(C)C)cc1. The molecule has 1 aliphatic heterocycles. The summed E-state index contributed by atoms with van der Waals surface area (Å²) < 4.78 is 13.1. The monoisotopic (exact) mass is 423 g/mol. The Bertz CT molecular complexity index is 1060. The number of nitrogens with one attached hydrogen (secondary N) is 1. The normalized spacial score (nSPS) is 16.0. The zero-order chi connectivity index (χ0) is 21.3. The second kappa shape index (κ2) is 8.44. The number of anilines is 1. The van der Waals surface area contributed by atoms with Gasteiger partial charge >= 0.3 is 0 Å². The number of carbonyl (C=O) groups is 1. The Labute approximate surface area is 180 Å². The number of aromatic nitrogens is 2. The van der Waals surface area contributed by atoms with Gasteiger partial charge in [-0.1, -0.05) is 18.2 Å². The first-order valence-corrected chi connectivity index (χ1v) is 10.9. The van der Waals surface area contributed by atoms with Crippen LogP contribution < -0.4 is 14.8 Å². The van der Waals surface area contributed by atoms with E-state index < -0.39 is 0 Å². The van der Waals surface area contributed by atoms with Crippen LogP contribution in [0.4, 0.5) is 5.82 Å². The minimum Gasteiger partial charge on any atom is -0.497 e. The van der Waals surface area contributed by atoms with E-state index in [4.69, 9.17) is 14.6 Å². The summed E-state index contributed by atoms with van der Waals surface area (Å²) in [5, 5.41) is 7.77. The molecule has 0 radical (unpaired) electrons. The van der Waals surface area contributed by atoms with Crippen molar-refractivity contribution in [2.45, 2.75) is 32.1 Å². The fraction of sp³-hybridized carbons (Fsp3) is 0.304. The number of thioether (sulfide) groups is 1. The number of para-hydroxylation sites is 1. The van der Waals surface area contributed by atoms with Crippen molar-refractivity contribution >= 4 is 23.5 Å². The highest BCUT2D eigenvalue weighted by atomic mass is 32.2. The first-order valence-electron chi connectivity index (χ1n) is 9.89. The zero-order valence-corrected chi connectivity index (χ0v) is 18.3. The summed E-state index contributed by atoms with van der Waals surface area (Å²) in [5.74, 6) is 2.63. The van der Waals surface area contributed by atoms with Crippen LogP contribution in [0.5, 0.6) is 11.5 Å². The molecule has 1 amide bonds. The molecule has 0 fully saturated rings. The molecule has 1 atom stereocenters. The Morgan fingerprint density at radius 2 is 1.90 bits per heavy atom. The maximum Gasteiger partial charge on any atom is 0.235 e. The summed E-state index contributed by atoms with van der Waals surface area (Å²) in [6.07, 6.45) is 0.0595. The van der Waals surface area contributed by atoms with E-state index in [1.165, 1.54) is 0 Å². The zero-order valence-electron chi connectivity index (χ0n) is 17.5. The molecular formula is C23H25N3O3S. The van der Waals surface area contributed by atoms with E-state index in [2.05, 4.69) is 11.4 Å². The Kier molecular flexibility index (Phi) is 5.72. The number of amides is 1. The Balaban J connectivity index is 1.85. The highest BCUT2D eigenvalue weighted by molar-refractivity contribution is 8.00. The van der Waals surface area contributed by atoms with Gasteiger partial charge in [-0.3, -0.25) is 4.79 Å². The molecule has 2 aromatic carbocycles. The molecule has 2 heterocycles. The van der Waals surface area contributed by atoms with Crippen molar-refractivity contribution in [2.24, 2.45) is 0 Å². The molecule has 0 bridgehead atoms. The Morgan fingerprint density at radius 3 is 2.60 bits per heavy atom. The molecule has 7 heteroatoms. The Morgan fingerprint density at radius 1 is 1.17 bits per heavy atom. The van der Waals surface area contributed by atoms with Crippen molar-refractivity contribution in [3.8, 4) is 17.2 Å². The number of methoxy groups -OCH3 is 1. The molecule has 0 spiro atoms. The van der Waals surface area contributed by atoms with Gasteiger partial charge in [-0.15, -0.1) is 11.8 Å². The molecule has 156 valence electrons. The van der Waals surface area contributed by atoms with Crippen molar-refractivity contribution in [3.63, 3.8) is 0 Å². The molecule has 6 nitrogen and oxygen atoms in total. The van der Waals surface area contributed by atoms with Gasteiger partial charge in [0.2, 0.25) is 5.91 Å². The number of aryl methyl sites for hydroxylation is 1. The number of hydrogen-bond acceptors (Lipinski definition) is 5. The van der Waals surface area contributed by atoms with Crippen molar-refractivity contribution in [1.29, 1.82) is 0 Å². The molecule has 1 aliphatic rings. The quantitative estimate of drug-likeness (QED) is 0.641. The highest BCUT2D eigenvalue weighted by Crippen LogP contribution is 2.46. The van der Waals surface area contributed by atoms with Crippen molar-refractivity contribution in [1.82, 2.24) is 9.78 Å². The number of fused-ring (bicyclic) bond motifs is 1. The molecule has 0 saturated carbocycles. The van der Waals surface area contributed by atoms with Gasteiger partial charge in [0.15, 0.2) is 0 Å². The van der Waals surface area contributed by atoms with E-state index in [0.29, 0.717) is 11.6 Å². The lowest BCUT2D eigenvalue weighted by Crippen LogP contribution is -2.15. The van der Waals surface area contributed by atoms with Gasteiger partial charge in [-0.05, 0) is 51.1 Å². The first-order chi connectivity index (χ1) is 14.5. The minimum absolute atomic E-state index is 0.0410. The molecule has 3 aromatic rings. The summed E-state index contributed by atoms with van der Waals surface area (Å²) in [6.45, 7) is 6.01. The third kappa shape index (κ3) is 3.89. The maximum atomic E-state index is 12.6. The number of hydrogen-bond donors (Lipinski definition) is 1. The molecule has 1 aromatic heterocycles. The van der Waals surface area contributed by atoms with Crippen LogP contribution in [0.3, 0.4) is 0 Å². The fourth-order valence-electron chi connectivity index (χ4n) is 3.60. The molecule has 0 aliphatic carbocycles. The van der Waals surface area contributed by atoms with E-state index in [9.17, 15) is 4.79 Å². The summed E-state index contributed by atoms with van der Waals surface area (Å²) >= 11 is 1.59. The van der Waals surface area contributed by atoms with Crippen molar-refractivity contribution in [3.05, 3.63) is 65.4 Å². The van der Waals surface area contributed by atoms with Crippen LogP contribution in [-0.4, -0.2) is 34.7 Å². The standard InChI is InChI=1S/C23H25N3O3S/c1-14(2)29-19-8-6-5-7-18(19)22-21-15(3)25-26(23(21)24-20(27)13-30-22)16-9-11-17(28-4)12-10-16/h5-12,14,22H,13H2,1-4H3,(H,24,27). The van der Waals surface area contributed by atoms with Crippen LogP contribution in [0.15, 0.2) is 48.5 Å². The lowest BCUT2D eigenvalue weighted by molar-refractivity contribution is -0.113. The first kappa shape index (κ1) is 20.3. The summed E-state index contributed by atoms with van der Waals surface area (Å²) in [6, 6.07) is 15.7. The van der Waals surface area contributed by atoms with Crippen molar-refractivity contribution < 1.29 is 14.3 Å². The number of ether oxygens (including phenoxy) is 2. The van der Waals surface area contributed by atoms with Gasteiger partial charge < -0.3 is 14.8 Å². The van der Waals surface area contributed by atoms with Crippen LogP contribution in [0.1, 0.15) is 35.9 Å². The van der Waals surface area contributed by atoms with Gasteiger partial charge in [-0.2, -0.15) is 5.10 Å². The topological polar surface area (TPSA) is 65.4 Å². The van der Waals surface area contributed by atoms with E-state index in [1.807, 2.05) is 63.2 Å². The molecule has 1 N–H and O–H groups in total. The highest BCUT2D eigenvalue weighted by Gasteiger charge is 2.32. The second-order valence-electron chi connectivity index (χ2n) is 7.40. The lowest BCUT2D eigenvalue weighted by atomic mass is 10.0. The third-order valence-corrected chi connectivity index (χ3v) is 6.14. The molecular weight excluding hydrogens is 398 g/mol. The summed E-state index contributed by atoms with van der Waals surface area (Å²) in [4.78, 5) is 12.6. The van der Waals surface area contributed by atoms with Gasteiger partial charge in [-0.25, -0.2) is 4.68 Å². The molecule has 30 heavy (non-hydrogen) atoms. The number of rotatable bonds is 5. The van der Waals surface area contributed by atoms with Gasteiger partial charge in [0.1, 0.15) is 17.3 Å². The average molecular weight is 424 g/mol. The van der Waals surface area contributed by atoms with E-state index in [-0.39, 0.29) is 17.3 Å². The van der Waals surface area contributed by atoms with Crippen LogP contribution in [0, 0.1) is 6.92 Å². The van der Waals surface area contributed by atoms with Gasteiger partial charge in [0.25, 0.3) is 0 Å². The van der Waals surface area contributed by atoms with Gasteiger partial charge in [0.05, 0.1) is 35.6 Å². The Hall–Kier alpha value is -2.93.